The zero-order valence-corrected chi connectivity index (χ0v) is 25.1. The number of rotatable bonds is 2. The summed E-state index contributed by atoms with van der Waals surface area (Å²) in [6, 6.07) is 25.2. The van der Waals surface area contributed by atoms with Crippen LogP contribution in [0.2, 0.25) is 0 Å². The first-order valence-electron chi connectivity index (χ1n) is 15.4. The lowest BCUT2D eigenvalue weighted by atomic mass is 9.83. The smallest absolute Gasteiger partial charge is 0.205 e. The standard InChI is InChI=1S/C40H26O8/c41-34-31(32-33(36(43)38(34)45)37(44)40(47)39(46)35(32)42)30-23-11-5-3-9-21(23)28(22-10-4-6-12-24(22)30)19-13-15-25-27(17-19)48-26-16-14-18-7-1-2-8-20(18)29(25)26/h2-6,8-17,41-47H,1,7H2. The van der Waals surface area contributed by atoms with Gasteiger partial charge in [0.1, 0.15) is 11.2 Å². The fourth-order valence-electron chi connectivity index (χ4n) is 7.53. The van der Waals surface area contributed by atoms with Crippen LogP contribution in [0.1, 0.15) is 17.5 Å². The van der Waals surface area contributed by atoms with Gasteiger partial charge in [-0.2, -0.15) is 0 Å². The molecule has 1 heterocycles. The largest absolute Gasteiger partial charge is 0.504 e. The number of allylic oxidation sites excluding steroid dienone is 1. The molecule has 0 spiro atoms. The fourth-order valence-corrected chi connectivity index (χ4v) is 7.53. The van der Waals surface area contributed by atoms with Gasteiger partial charge in [-0.15, -0.1) is 0 Å². The summed E-state index contributed by atoms with van der Waals surface area (Å²) in [5.74, 6) is -6.75. The molecule has 8 heteroatoms. The number of benzene rings is 7. The molecule has 8 aromatic rings. The van der Waals surface area contributed by atoms with Gasteiger partial charge in [-0.25, -0.2) is 0 Å². The number of hydrogen-bond acceptors (Lipinski definition) is 8. The molecule has 1 aromatic heterocycles. The van der Waals surface area contributed by atoms with Gasteiger partial charge in [0.15, 0.2) is 23.0 Å². The summed E-state index contributed by atoms with van der Waals surface area (Å²) in [5, 5.41) is 79.7. The summed E-state index contributed by atoms with van der Waals surface area (Å²) in [7, 11) is 0. The van der Waals surface area contributed by atoms with Crippen molar-refractivity contribution in [3.8, 4) is 62.5 Å². The predicted octanol–water partition coefficient (Wildman–Crippen LogP) is 9.28. The molecule has 234 valence electrons. The van der Waals surface area contributed by atoms with E-state index in [1.54, 1.807) is 0 Å². The van der Waals surface area contributed by atoms with Crippen LogP contribution < -0.4 is 0 Å². The molecule has 7 aromatic carbocycles. The molecule has 0 unspecified atom stereocenters. The van der Waals surface area contributed by atoms with Crippen LogP contribution in [0.15, 0.2) is 89.4 Å². The molecular formula is C40H26O8. The average molecular weight is 635 g/mol. The second-order valence-corrected chi connectivity index (χ2v) is 12.2. The van der Waals surface area contributed by atoms with Crippen molar-refractivity contribution >= 4 is 60.3 Å². The van der Waals surface area contributed by atoms with Crippen molar-refractivity contribution in [2.24, 2.45) is 0 Å². The van der Waals surface area contributed by atoms with E-state index in [0.29, 0.717) is 16.3 Å². The Morgan fingerprint density at radius 3 is 1.69 bits per heavy atom. The second kappa shape index (κ2) is 9.73. The van der Waals surface area contributed by atoms with Crippen LogP contribution in [0.25, 0.3) is 82.6 Å². The van der Waals surface area contributed by atoms with E-state index in [1.807, 2.05) is 60.7 Å². The van der Waals surface area contributed by atoms with E-state index in [1.165, 1.54) is 11.1 Å². The maximum Gasteiger partial charge on any atom is 0.205 e. The van der Waals surface area contributed by atoms with Crippen molar-refractivity contribution in [2.45, 2.75) is 12.8 Å². The summed E-state index contributed by atoms with van der Waals surface area (Å²) >= 11 is 0. The fraction of sp³-hybridized carbons (Fsp3) is 0.0500. The number of hydrogen-bond donors (Lipinski definition) is 7. The third kappa shape index (κ3) is 3.54. The van der Waals surface area contributed by atoms with Crippen LogP contribution in [0.3, 0.4) is 0 Å². The van der Waals surface area contributed by atoms with Crippen LogP contribution in [0.5, 0.6) is 40.2 Å². The first-order valence-corrected chi connectivity index (χ1v) is 15.4. The number of phenolic OH excluding ortho intramolecular Hbond substituents is 7. The van der Waals surface area contributed by atoms with E-state index in [-0.39, 0.29) is 10.9 Å². The monoisotopic (exact) mass is 634 g/mol. The molecule has 1 aliphatic carbocycles. The van der Waals surface area contributed by atoms with E-state index in [4.69, 9.17) is 4.42 Å². The normalized spacial score (nSPS) is 12.9. The Kier molecular flexibility index (Phi) is 5.62. The maximum atomic E-state index is 11.4. The molecule has 9 rings (SSSR count). The van der Waals surface area contributed by atoms with Gasteiger partial charge < -0.3 is 40.2 Å². The van der Waals surface area contributed by atoms with Gasteiger partial charge in [-0.05, 0) is 74.8 Å². The van der Waals surface area contributed by atoms with Gasteiger partial charge in [0, 0.05) is 27.3 Å². The SMILES string of the molecule is Oc1c(O)c(O)c2c(-c3c4ccccc4c(-c4ccc5c(c4)oc4ccc6c(c45)C=CCC6)c4ccccc34)c(O)c(O)c(O)c2c1O. The summed E-state index contributed by atoms with van der Waals surface area (Å²) in [6.45, 7) is 0. The Bertz CT molecular complexity index is 2690. The molecule has 0 atom stereocenters. The highest BCUT2D eigenvalue weighted by molar-refractivity contribution is 6.26. The van der Waals surface area contributed by atoms with Crippen LogP contribution in [0, 0.1) is 0 Å². The van der Waals surface area contributed by atoms with Gasteiger partial charge in [-0.1, -0.05) is 72.8 Å². The molecule has 0 fully saturated rings. The third-order valence-electron chi connectivity index (χ3n) is 9.67. The molecule has 0 saturated carbocycles. The van der Waals surface area contributed by atoms with E-state index in [9.17, 15) is 35.7 Å². The molecule has 48 heavy (non-hydrogen) atoms. The minimum Gasteiger partial charge on any atom is -0.504 e. The third-order valence-corrected chi connectivity index (χ3v) is 9.67. The Morgan fingerprint density at radius 2 is 1.04 bits per heavy atom. The predicted molar refractivity (Wildman–Crippen MR) is 186 cm³/mol. The van der Waals surface area contributed by atoms with Crippen LogP contribution >= 0.6 is 0 Å². The van der Waals surface area contributed by atoms with Crippen LogP contribution in [-0.4, -0.2) is 35.7 Å². The van der Waals surface area contributed by atoms with E-state index in [0.717, 1.165) is 56.7 Å². The molecule has 7 N–H and O–H groups in total. The molecule has 0 saturated heterocycles. The number of fused-ring (bicyclic) bond motifs is 8. The van der Waals surface area contributed by atoms with E-state index >= 15 is 0 Å². The molecule has 8 nitrogen and oxygen atoms in total. The maximum absolute atomic E-state index is 11.4. The van der Waals surface area contributed by atoms with Gasteiger partial charge >= 0.3 is 0 Å². The zero-order valence-electron chi connectivity index (χ0n) is 25.1. The van der Waals surface area contributed by atoms with Crippen molar-refractivity contribution in [1.29, 1.82) is 0 Å². The minimum atomic E-state index is -1.09. The van der Waals surface area contributed by atoms with Gasteiger partial charge in [0.2, 0.25) is 17.2 Å². The summed E-state index contributed by atoms with van der Waals surface area (Å²) < 4.78 is 6.42. The lowest BCUT2D eigenvalue weighted by molar-refractivity contribution is 0.347. The van der Waals surface area contributed by atoms with E-state index in [2.05, 4.69) is 30.4 Å². The van der Waals surface area contributed by atoms with Crippen molar-refractivity contribution in [3.63, 3.8) is 0 Å². The molecular weight excluding hydrogens is 608 g/mol. The zero-order chi connectivity index (χ0) is 33.0. The van der Waals surface area contributed by atoms with Crippen molar-refractivity contribution < 1.29 is 40.2 Å². The van der Waals surface area contributed by atoms with Gasteiger partial charge in [-0.3, -0.25) is 0 Å². The Hall–Kier alpha value is -6.54. The van der Waals surface area contributed by atoms with E-state index < -0.39 is 45.6 Å². The van der Waals surface area contributed by atoms with Crippen molar-refractivity contribution in [3.05, 3.63) is 96.1 Å². The van der Waals surface area contributed by atoms with Crippen LogP contribution in [-0.2, 0) is 6.42 Å². The second-order valence-electron chi connectivity index (χ2n) is 12.2. The van der Waals surface area contributed by atoms with Crippen LogP contribution in [0.4, 0.5) is 0 Å². The quantitative estimate of drug-likeness (QED) is 0.0564. The average Bonchev–Trinajstić information content (AvgIpc) is 3.50. The van der Waals surface area contributed by atoms with Crippen molar-refractivity contribution in [1.82, 2.24) is 0 Å². The molecule has 0 aliphatic heterocycles. The van der Waals surface area contributed by atoms with Gasteiger partial charge in [0.25, 0.3) is 0 Å². The molecule has 1 aliphatic rings. The summed E-state index contributed by atoms with van der Waals surface area (Å²) in [6.07, 6.45) is 6.35. The number of phenols is 7. The lowest BCUT2D eigenvalue weighted by Gasteiger charge is -2.21. The lowest BCUT2D eigenvalue weighted by Crippen LogP contribution is -1.94. The first-order chi connectivity index (χ1) is 23.3. The van der Waals surface area contributed by atoms with Gasteiger partial charge in [0.05, 0.1) is 5.39 Å². The highest BCUT2D eigenvalue weighted by Gasteiger charge is 2.31. The Labute approximate surface area is 271 Å². The molecule has 0 amide bonds. The summed E-state index contributed by atoms with van der Waals surface area (Å²) in [4.78, 5) is 0. The van der Waals surface area contributed by atoms with Crippen molar-refractivity contribution in [2.75, 3.05) is 0 Å². The Morgan fingerprint density at radius 1 is 0.458 bits per heavy atom. The highest BCUT2D eigenvalue weighted by Crippen LogP contribution is 2.61. The number of aryl methyl sites for hydroxylation is 1. The number of aromatic hydroxyl groups is 7. The molecule has 0 radical (unpaired) electrons. The summed E-state index contributed by atoms with van der Waals surface area (Å²) in [5.41, 5.74) is 5.95. The highest BCUT2D eigenvalue weighted by atomic mass is 16.4. The minimum absolute atomic E-state index is 0.159. The Balaban J connectivity index is 1.41. The topological polar surface area (TPSA) is 155 Å². The molecule has 0 bridgehead atoms. The number of furan rings is 1. The first kappa shape index (κ1) is 27.7.